The minimum absolute atomic E-state index is 0.123. The Kier molecular flexibility index (Phi) is 3.75. The van der Waals surface area contributed by atoms with Gasteiger partial charge in [-0.05, 0) is 30.5 Å². The van der Waals surface area contributed by atoms with Crippen molar-refractivity contribution in [2.75, 3.05) is 20.2 Å². The molecular formula is C13H16N2O2. The summed E-state index contributed by atoms with van der Waals surface area (Å²) in [6.45, 7) is 1.76. The zero-order chi connectivity index (χ0) is 12.1. The van der Waals surface area contributed by atoms with Crippen molar-refractivity contribution in [2.24, 2.45) is 5.16 Å². The van der Waals surface area contributed by atoms with Gasteiger partial charge in [-0.25, -0.2) is 0 Å². The fourth-order valence-corrected chi connectivity index (χ4v) is 1.93. The predicted molar refractivity (Wildman–Crippen MR) is 66.2 cm³/mol. The monoisotopic (exact) mass is 232 g/mol. The van der Waals surface area contributed by atoms with E-state index in [4.69, 9.17) is 0 Å². The summed E-state index contributed by atoms with van der Waals surface area (Å²) in [5.41, 5.74) is 1.66. The van der Waals surface area contributed by atoms with E-state index in [9.17, 15) is 4.79 Å². The summed E-state index contributed by atoms with van der Waals surface area (Å²) < 4.78 is 0. The second-order valence-corrected chi connectivity index (χ2v) is 4.04. The topological polar surface area (TPSA) is 41.9 Å². The van der Waals surface area contributed by atoms with Crippen molar-refractivity contribution in [3.63, 3.8) is 0 Å². The standard InChI is InChI=1S/C13H16N2O2/c1-17-14-10-11-4-6-12(7-5-11)13(16)15-8-2-3-9-15/h4-7,10H,2-3,8-9H2,1H3. The maximum Gasteiger partial charge on any atom is 0.253 e. The molecule has 0 bridgehead atoms. The van der Waals surface area contributed by atoms with Gasteiger partial charge in [-0.15, -0.1) is 0 Å². The van der Waals surface area contributed by atoms with Crippen LogP contribution in [0.25, 0.3) is 0 Å². The minimum atomic E-state index is 0.123. The minimum Gasteiger partial charge on any atom is -0.399 e. The number of nitrogens with zero attached hydrogens (tertiary/aromatic N) is 2. The molecule has 1 aromatic rings. The molecule has 1 aromatic carbocycles. The molecule has 0 atom stereocenters. The molecule has 0 radical (unpaired) electrons. The van der Waals surface area contributed by atoms with Crippen LogP contribution in [0, 0.1) is 0 Å². The molecule has 1 heterocycles. The molecule has 0 unspecified atom stereocenters. The van der Waals surface area contributed by atoms with Crippen molar-refractivity contribution in [2.45, 2.75) is 12.8 Å². The van der Waals surface area contributed by atoms with E-state index in [1.165, 1.54) is 7.11 Å². The van der Waals surface area contributed by atoms with E-state index < -0.39 is 0 Å². The molecule has 90 valence electrons. The van der Waals surface area contributed by atoms with Crippen LogP contribution in [0.15, 0.2) is 29.4 Å². The molecule has 1 aliphatic rings. The average molecular weight is 232 g/mol. The maximum absolute atomic E-state index is 12.0. The SMILES string of the molecule is CON=Cc1ccc(C(=O)N2CCCC2)cc1. The van der Waals surface area contributed by atoms with E-state index >= 15 is 0 Å². The number of carbonyl (C=O) groups excluding carboxylic acids is 1. The Morgan fingerprint density at radius 3 is 2.53 bits per heavy atom. The number of hydrogen-bond acceptors (Lipinski definition) is 3. The lowest BCUT2D eigenvalue weighted by molar-refractivity contribution is 0.0793. The largest absolute Gasteiger partial charge is 0.399 e. The number of benzene rings is 1. The highest BCUT2D eigenvalue weighted by Crippen LogP contribution is 2.13. The third kappa shape index (κ3) is 2.84. The molecule has 1 aliphatic heterocycles. The van der Waals surface area contributed by atoms with E-state index in [-0.39, 0.29) is 5.91 Å². The summed E-state index contributed by atoms with van der Waals surface area (Å²) in [6.07, 6.45) is 3.85. The molecule has 1 fully saturated rings. The van der Waals surface area contributed by atoms with Crippen LogP contribution in [-0.4, -0.2) is 37.2 Å². The quantitative estimate of drug-likeness (QED) is 0.590. The molecule has 4 heteroatoms. The fourth-order valence-electron chi connectivity index (χ4n) is 1.93. The summed E-state index contributed by atoms with van der Waals surface area (Å²) in [4.78, 5) is 18.5. The zero-order valence-electron chi connectivity index (χ0n) is 9.93. The number of oxime groups is 1. The third-order valence-electron chi connectivity index (χ3n) is 2.86. The van der Waals surface area contributed by atoms with Gasteiger partial charge in [0, 0.05) is 18.7 Å². The highest BCUT2D eigenvalue weighted by molar-refractivity contribution is 5.95. The van der Waals surface area contributed by atoms with Crippen LogP contribution >= 0.6 is 0 Å². The Hall–Kier alpha value is -1.84. The van der Waals surface area contributed by atoms with Crippen LogP contribution in [0.3, 0.4) is 0 Å². The molecule has 1 amide bonds. The van der Waals surface area contributed by atoms with Gasteiger partial charge in [-0.3, -0.25) is 4.79 Å². The van der Waals surface area contributed by atoms with Crippen molar-refractivity contribution in [3.05, 3.63) is 35.4 Å². The Balaban J connectivity index is 2.06. The first-order chi connectivity index (χ1) is 8.31. The predicted octanol–water partition coefficient (Wildman–Crippen LogP) is 1.90. The first-order valence-electron chi connectivity index (χ1n) is 5.77. The first-order valence-corrected chi connectivity index (χ1v) is 5.77. The summed E-state index contributed by atoms with van der Waals surface area (Å²) in [6, 6.07) is 7.40. The van der Waals surface area contributed by atoms with Gasteiger partial charge in [0.25, 0.3) is 5.91 Å². The molecule has 2 rings (SSSR count). The smallest absolute Gasteiger partial charge is 0.253 e. The maximum atomic E-state index is 12.0. The van der Waals surface area contributed by atoms with E-state index in [1.54, 1.807) is 6.21 Å². The van der Waals surface area contributed by atoms with Crippen molar-refractivity contribution < 1.29 is 9.63 Å². The Bertz CT molecular complexity index is 406. The van der Waals surface area contributed by atoms with E-state index in [0.717, 1.165) is 37.1 Å². The van der Waals surface area contributed by atoms with E-state index in [2.05, 4.69) is 9.99 Å². The van der Waals surface area contributed by atoms with Gasteiger partial charge in [0.05, 0.1) is 6.21 Å². The van der Waals surface area contributed by atoms with Crippen molar-refractivity contribution in [1.82, 2.24) is 4.90 Å². The lowest BCUT2D eigenvalue weighted by atomic mass is 10.1. The summed E-state index contributed by atoms with van der Waals surface area (Å²) >= 11 is 0. The number of likely N-dealkylation sites (tertiary alicyclic amines) is 1. The second-order valence-electron chi connectivity index (χ2n) is 4.04. The van der Waals surface area contributed by atoms with Crippen molar-refractivity contribution in [1.29, 1.82) is 0 Å². The van der Waals surface area contributed by atoms with E-state index in [0.29, 0.717) is 0 Å². The van der Waals surface area contributed by atoms with E-state index in [1.807, 2.05) is 29.2 Å². The highest BCUT2D eigenvalue weighted by atomic mass is 16.6. The molecule has 0 aliphatic carbocycles. The van der Waals surface area contributed by atoms with Crippen molar-refractivity contribution in [3.8, 4) is 0 Å². The molecule has 0 N–H and O–H groups in total. The highest BCUT2D eigenvalue weighted by Gasteiger charge is 2.18. The van der Waals surface area contributed by atoms with Gasteiger partial charge in [-0.1, -0.05) is 17.3 Å². The number of amides is 1. The van der Waals surface area contributed by atoms with Crippen LogP contribution < -0.4 is 0 Å². The lowest BCUT2D eigenvalue weighted by Gasteiger charge is -2.14. The van der Waals surface area contributed by atoms with Gasteiger partial charge >= 0.3 is 0 Å². The third-order valence-corrected chi connectivity index (χ3v) is 2.86. The molecular weight excluding hydrogens is 216 g/mol. The Morgan fingerprint density at radius 2 is 1.94 bits per heavy atom. The lowest BCUT2D eigenvalue weighted by Crippen LogP contribution is -2.27. The number of hydrogen-bond donors (Lipinski definition) is 0. The molecule has 4 nitrogen and oxygen atoms in total. The zero-order valence-corrected chi connectivity index (χ0v) is 9.93. The first kappa shape index (κ1) is 11.6. The molecule has 0 spiro atoms. The van der Waals surface area contributed by atoms with Crippen LogP contribution in [-0.2, 0) is 4.84 Å². The molecule has 0 saturated carbocycles. The summed E-state index contributed by atoms with van der Waals surface area (Å²) in [5.74, 6) is 0.123. The summed E-state index contributed by atoms with van der Waals surface area (Å²) in [7, 11) is 1.50. The molecule has 17 heavy (non-hydrogen) atoms. The second kappa shape index (κ2) is 5.48. The normalized spacial score (nSPS) is 15.5. The Morgan fingerprint density at radius 1 is 1.29 bits per heavy atom. The van der Waals surface area contributed by atoms with Gasteiger partial charge in [0.15, 0.2) is 0 Å². The van der Waals surface area contributed by atoms with Crippen LogP contribution in [0.1, 0.15) is 28.8 Å². The van der Waals surface area contributed by atoms with Crippen LogP contribution in [0.2, 0.25) is 0 Å². The van der Waals surface area contributed by atoms with Crippen LogP contribution in [0.4, 0.5) is 0 Å². The molecule has 1 saturated heterocycles. The van der Waals surface area contributed by atoms with Gasteiger partial charge in [0.2, 0.25) is 0 Å². The number of carbonyl (C=O) groups is 1. The van der Waals surface area contributed by atoms with Crippen molar-refractivity contribution >= 4 is 12.1 Å². The fraction of sp³-hybridized carbons (Fsp3) is 0.385. The van der Waals surface area contributed by atoms with Gasteiger partial charge in [0.1, 0.15) is 7.11 Å². The Labute approximate surface area is 101 Å². The molecule has 0 aromatic heterocycles. The van der Waals surface area contributed by atoms with Gasteiger partial charge in [-0.2, -0.15) is 0 Å². The van der Waals surface area contributed by atoms with Gasteiger partial charge < -0.3 is 9.74 Å². The summed E-state index contributed by atoms with van der Waals surface area (Å²) in [5, 5.41) is 3.67. The number of rotatable bonds is 3. The average Bonchev–Trinajstić information content (AvgIpc) is 2.90. The van der Waals surface area contributed by atoms with Crippen LogP contribution in [0.5, 0.6) is 0 Å².